The summed E-state index contributed by atoms with van der Waals surface area (Å²) < 4.78 is 0. The molecule has 0 radical (unpaired) electrons. The lowest BCUT2D eigenvalue weighted by molar-refractivity contribution is 0.248. The third kappa shape index (κ3) is 3.68. The van der Waals surface area contributed by atoms with E-state index in [0.29, 0.717) is 0 Å². The molecule has 2 aliphatic rings. The van der Waals surface area contributed by atoms with Crippen LogP contribution in [0.3, 0.4) is 0 Å². The van der Waals surface area contributed by atoms with Crippen molar-refractivity contribution >= 4 is 0 Å². The molecule has 1 nitrogen and oxygen atoms in total. The van der Waals surface area contributed by atoms with Crippen LogP contribution < -0.4 is 0 Å². The molecule has 0 N–H and O–H groups in total. The summed E-state index contributed by atoms with van der Waals surface area (Å²) in [6.07, 6.45) is 1.53. The normalized spacial score (nSPS) is 31.6. The Hall–Kier alpha value is -0.0400. The first kappa shape index (κ1) is 11.0. The van der Waals surface area contributed by atoms with Crippen LogP contribution in [0.25, 0.3) is 0 Å². The Bertz CT molecular complexity index is 138. The van der Waals surface area contributed by atoms with E-state index in [2.05, 4.69) is 39.5 Å². The topological polar surface area (TPSA) is 3.24 Å². The van der Waals surface area contributed by atoms with Gasteiger partial charge in [-0.15, -0.1) is 0 Å². The van der Waals surface area contributed by atoms with Gasteiger partial charge in [-0.25, -0.2) is 0 Å². The average Bonchev–Trinajstić information content (AvgIpc) is 2.57. The quantitative estimate of drug-likeness (QED) is 0.604. The fraction of sp³-hybridized carbons (Fsp3) is 1.00. The Labute approximate surface area is 83.5 Å². The fourth-order valence-corrected chi connectivity index (χ4v) is 1.86. The number of nitrogens with zero attached hydrogens (tertiary/aromatic N) is 1. The lowest BCUT2D eigenvalue weighted by Gasteiger charge is -2.21. The summed E-state index contributed by atoms with van der Waals surface area (Å²) in [6.45, 7) is 13.9. The van der Waals surface area contributed by atoms with Gasteiger partial charge >= 0.3 is 0 Å². The standard InChI is InChI=1S/C8H15N.C4H10/c1-6(2)9-4-7-3-8(7)5-9;1-4(2)3/h6-8H,3-5H2,1-2H3;4H,1-3H3. The molecule has 0 aromatic rings. The Kier molecular flexibility index (Phi) is 3.78. The van der Waals surface area contributed by atoms with Crippen molar-refractivity contribution in [1.82, 2.24) is 4.90 Å². The third-order valence-electron chi connectivity index (χ3n) is 2.74. The largest absolute Gasteiger partial charge is 0.300 e. The minimum absolute atomic E-state index is 0.790. The molecule has 0 spiro atoms. The van der Waals surface area contributed by atoms with Crippen molar-refractivity contribution in [2.45, 2.75) is 47.1 Å². The molecular weight excluding hydrogens is 158 g/mol. The summed E-state index contributed by atoms with van der Waals surface area (Å²) in [5, 5.41) is 0. The third-order valence-corrected chi connectivity index (χ3v) is 2.74. The molecule has 0 amide bonds. The van der Waals surface area contributed by atoms with Gasteiger partial charge in [0.2, 0.25) is 0 Å². The predicted molar refractivity (Wildman–Crippen MR) is 58.8 cm³/mol. The summed E-state index contributed by atoms with van der Waals surface area (Å²) in [4.78, 5) is 2.60. The smallest absolute Gasteiger partial charge is 0.00388 e. The van der Waals surface area contributed by atoms with Crippen LogP contribution in [0.15, 0.2) is 0 Å². The van der Waals surface area contributed by atoms with Crippen LogP contribution >= 0.6 is 0 Å². The molecule has 2 unspecified atom stereocenters. The first-order valence-electron chi connectivity index (χ1n) is 5.74. The van der Waals surface area contributed by atoms with Crippen molar-refractivity contribution in [1.29, 1.82) is 0 Å². The minimum Gasteiger partial charge on any atom is -0.300 e. The summed E-state index contributed by atoms with van der Waals surface area (Å²) in [5.41, 5.74) is 0. The first-order valence-corrected chi connectivity index (χ1v) is 5.74. The maximum Gasteiger partial charge on any atom is 0.00388 e. The van der Waals surface area contributed by atoms with Gasteiger partial charge in [0.1, 0.15) is 0 Å². The van der Waals surface area contributed by atoms with Crippen molar-refractivity contribution in [3.8, 4) is 0 Å². The molecule has 1 saturated heterocycles. The number of hydrogen-bond donors (Lipinski definition) is 0. The second-order valence-corrected chi connectivity index (χ2v) is 5.54. The van der Waals surface area contributed by atoms with Gasteiger partial charge in [-0.3, -0.25) is 0 Å². The van der Waals surface area contributed by atoms with Crippen LogP contribution in [0.4, 0.5) is 0 Å². The van der Waals surface area contributed by atoms with Crippen molar-refractivity contribution in [2.75, 3.05) is 13.1 Å². The van der Waals surface area contributed by atoms with Crippen LogP contribution in [-0.4, -0.2) is 24.0 Å². The summed E-state index contributed by atoms with van der Waals surface area (Å²) in [5.74, 6) is 3.04. The maximum absolute atomic E-state index is 2.60. The molecule has 1 heteroatoms. The van der Waals surface area contributed by atoms with Crippen LogP contribution in [0.1, 0.15) is 41.0 Å². The predicted octanol–water partition coefficient (Wildman–Crippen LogP) is 3.01. The molecule has 2 atom stereocenters. The van der Waals surface area contributed by atoms with Crippen LogP contribution in [0, 0.1) is 17.8 Å². The molecule has 78 valence electrons. The molecule has 2 rings (SSSR count). The Morgan fingerprint density at radius 2 is 1.31 bits per heavy atom. The molecule has 2 fully saturated rings. The van der Waals surface area contributed by atoms with Crippen LogP contribution in [0.2, 0.25) is 0 Å². The summed E-state index contributed by atoms with van der Waals surface area (Å²) in [6, 6.07) is 0.790. The summed E-state index contributed by atoms with van der Waals surface area (Å²) >= 11 is 0. The van der Waals surface area contributed by atoms with E-state index < -0.39 is 0 Å². The Morgan fingerprint density at radius 3 is 1.54 bits per heavy atom. The monoisotopic (exact) mass is 183 g/mol. The minimum atomic E-state index is 0.790. The van der Waals surface area contributed by atoms with E-state index in [-0.39, 0.29) is 0 Å². The van der Waals surface area contributed by atoms with Gasteiger partial charge in [-0.05, 0) is 38.0 Å². The number of fused-ring (bicyclic) bond motifs is 1. The molecule has 13 heavy (non-hydrogen) atoms. The van der Waals surface area contributed by atoms with Crippen LogP contribution in [0.5, 0.6) is 0 Å². The van der Waals surface area contributed by atoms with E-state index in [1.165, 1.54) is 19.5 Å². The van der Waals surface area contributed by atoms with Gasteiger partial charge < -0.3 is 4.90 Å². The summed E-state index contributed by atoms with van der Waals surface area (Å²) in [7, 11) is 0. The number of piperidine rings is 1. The van der Waals surface area contributed by atoms with E-state index in [1.807, 2.05) is 0 Å². The highest BCUT2D eigenvalue weighted by atomic mass is 15.2. The second-order valence-electron chi connectivity index (χ2n) is 5.54. The van der Waals surface area contributed by atoms with E-state index in [0.717, 1.165) is 23.8 Å². The SMILES string of the molecule is CC(C)C.CC(C)N1CC2CC2C1. The molecular formula is C12H25N. The zero-order chi connectivity index (χ0) is 10.0. The highest BCUT2D eigenvalue weighted by Crippen LogP contribution is 2.45. The molecule has 1 aliphatic heterocycles. The van der Waals surface area contributed by atoms with Gasteiger partial charge in [0.15, 0.2) is 0 Å². The molecule has 0 aromatic heterocycles. The van der Waals surface area contributed by atoms with Gasteiger partial charge in [0, 0.05) is 19.1 Å². The Balaban J connectivity index is 0.000000184. The average molecular weight is 183 g/mol. The molecule has 1 aliphatic carbocycles. The van der Waals surface area contributed by atoms with Crippen molar-refractivity contribution in [2.24, 2.45) is 17.8 Å². The molecule has 0 aromatic carbocycles. The number of rotatable bonds is 1. The highest BCUT2D eigenvalue weighted by Gasteiger charge is 2.45. The van der Waals surface area contributed by atoms with Crippen LogP contribution in [-0.2, 0) is 0 Å². The highest BCUT2D eigenvalue weighted by molar-refractivity contribution is 4.97. The van der Waals surface area contributed by atoms with E-state index in [9.17, 15) is 0 Å². The lowest BCUT2D eigenvalue weighted by atomic mass is 10.3. The lowest BCUT2D eigenvalue weighted by Crippen LogP contribution is -2.29. The zero-order valence-electron chi connectivity index (χ0n) is 9.88. The van der Waals surface area contributed by atoms with Gasteiger partial charge in [0.25, 0.3) is 0 Å². The molecule has 0 bridgehead atoms. The van der Waals surface area contributed by atoms with E-state index in [1.54, 1.807) is 0 Å². The second kappa shape index (κ2) is 4.45. The Morgan fingerprint density at radius 1 is 0.923 bits per heavy atom. The number of hydrogen-bond acceptors (Lipinski definition) is 1. The van der Waals surface area contributed by atoms with Crippen molar-refractivity contribution < 1.29 is 0 Å². The van der Waals surface area contributed by atoms with Gasteiger partial charge in [-0.2, -0.15) is 0 Å². The van der Waals surface area contributed by atoms with Crippen molar-refractivity contribution in [3.05, 3.63) is 0 Å². The van der Waals surface area contributed by atoms with Crippen molar-refractivity contribution in [3.63, 3.8) is 0 Å². The molecule has 1 heterocycles. The first-order chi connectivity index (χ1) is 6.00. The fourth-order valence-electron chi connectivity index (χ4n) is 1.86. The van der Waals surface area contributed by atoms with Gasteiger partial charge in [-0.1, -0.05) is 20.8 Å². The van der Waals surface area contributed by atoms with E-state index >= 15 is 0 Å². The van der Waals surface area contributed by atoms with E-state index in [4.69, 9.17) is 0 Å². The number of likely N-dealkylation sites (tertiary alicyclic amines) is 1. The maximum atomic E-state index is 2.60. The zero-order valence-corrected chi connectivity index (χ0v) is 9.88. The molecule has 1 saturated carbocycles. The van der Waals surface area contributed by atoms with Gasteiger partial charge in [0.05, 0.1) is 0 Å².